The summed E-state index contributed by atoms with van der Waals surface area (Å²) in [6.45, 7) is 0. The van der Waals surface area contributed by atoms with Gasteiger partial charge in [0.1, 0.15) is 11.8 Å². The van der Waals surface area contributed by atoms with Gasteiger partial charge in [-0.25, -0.2) is 0 Å². The molecule has 1 aliphatic heterocycles. The second-order valence-corrected chi connectivity index (χ2v) is 9.63. The standard InChI is InChI=1S/C27H26N2O4/c1-33-17-9-5-8-16(13-17)28-25(30)22(12-15-6-3-2-4-7-15)29-26(31)23-18-10-11-19(21-14-20(18)21)24(23)27(29)32/h2-11,13,18-24H,12,14H2,1H3,(H,28,30)/t18-,19-,20-,21-,22-,23+,24+/m1/s1. The zero-order valence-corrected chi connectivity index (χ0v) is 18.4. The van der Waals surface area contributed by atoms with Crippen LogP contribution in [0.4, 0.5) is 5.69 Å². The fourth-order valence-electron chi connectivity index (χ4n) is 6.35. The van der Waals surface area contributed by atoms with Gasteiger partial charge in [0.05, 0.1) is 18.9 Å². The molecule has 6 nitrogen and oxygen atoms in total. The number of carbonyl (C=O) groups excluding carboxylic acids is 3. The number of likely N-dealkylation sites (tertiary alicyclic amines) is 1. The van der Waals surface area contributed by atoms with Crippen LogP contribution in [0.5, 0.6) is 5.75 Å². The van der Waals surface area contributed by atoms with E-state index in [2.05, 4.69) is 17.5 Å². The Morgan fingerprint density at radius 1 is 1.00 bits per heavy atom. The number of allylic oxidation sites excluding steroid dienone is 2. The fraction of sp³-hybridized carbons (Fsp3) is 0.370. The highest BCUT2D eigenvalue weighted by Crippen LogP contribution is 2.65. The van der Waals surface area contributed by atoms with Gasteiger partial charge in [-0.2, -0.15) is 0 Å². The molecule has 0 radical (unpaired) electrons. The zero-order valence-electron chi connectivity index (χ0n) is 18.4. The normalized spacial score (nSPS) is 31.7. The van der Waals surface area contributed by atoms with Gasteiger partial charge >= 0.3 is 0 Å². The maximum absolute atomic E-state index is 13.7. The highest BCUT2D eigenvalue weighted by atomic mass is 16.5. The molecule has 4 aliphatic carbocycles. The molecular formula is C27H26N2O4. The third kappa shape index (κ3) is 3.19. The van der Waals surface area contributed by atoms with E-state index < -0.39 is 6.04 Å². The monoisotopic (exact) mass is 442 g/mol. The van der Waals surface area contributed by atoms with E-state index in [0.29, 0.717) is 23.3 Å². The maximum atomic E-state index is 13.7. The van der Waals surface area contributed by atoms with Crippen LogP contribution in [0, 0.1) is 35.5 Å². The number of anilines is 1. The molecule has 5 aliphatic rings. The van der Waals surface area contributed by atoms with E-state index in [-0.39, 0.29) is 47.8 Å². The lowest BCUT2D eigenvalue weighted by Crippen LogP contribution is -2.49. The zero-order chi connectivity index (χ0) is 22.7. The molecule has 6 heteroatoms. The van der Waals surface area contributed by atoms with Crippen molar-refractivity contribution in [3.05, 3.63) is 72.3 Å². The van der Waals surface area contributed by atoms with Gasteiger partial charge in [-0.05, 0) is 47.8 Å². The van der Waals surface area contributed by atoms with E-state index >= 15 is 0 Å². The van der Waals surface area contributed by atoms with E-state index in [1.54, 1.807) is 31.4 Å². The van der Waals surface area contributed by atoms with Gasteiger partial charge in [0.25, 0.3) is 0 Å². The SMILES string of the molecule is COc1cccc(NC(=O)[C@@H](Cc2ccccc2)N2C(=O)[C@H]3[C@@H]4C=C[C@H]([C@H]5C[C@H]45)[C@@H]3C2=O)c1. The van der Waals surface area contributed by atoms with Crippen molar-refractivity contribution in [1.82, 2.24) is 4.90 Å². The molecule has 0 aromatic heterocycles. The minimum Gasteiger partial charge on any atom is -0.497 e. The molecule has 2 saturated carbocycles. The second-order valence-electron chi connectivity index (χ2n) is 9.63. The third-order valence-electron chi connectivity index (χ3n) is 7.92. The summed E-state index contributed by atoms with van der Waals surface area (Å²) in [6.07, 6.45) is 5.69. The molecule has 3 amide bonds. The van der Waals surface area contributed by atoms with Gasteiger partial charge < -0.3 is 10.1 Å². The first-order valence-electron chi connectivity index (χ1n) is 11.6. The van der Waals surface area contributed by atoms with Crippen LogP contribution in [-0.4, -0.2) is 35.8 Å². The molecule has 3 fully saturated rings. The van der Waals surface area contributed by atoms with E-state index in [4.69, 9.17) is 4.74 Å². The average Bonchev–Trinajstić information content (AvgIpc) is 3.62. The minimum atomic E-state index is -0.903. The predicted octanol–water partition coefficient (Wildman–Crippen LogP) is 3.30. The van der Waals surface area contributed by atoms with Gasteiger partial charge in [-0.3, -0.25) is 19.3 Å². The fourth-order valence-corrected chi connectivity index (χ4v) is 6.35. The second kappa shape index (κ2) is 7.58. The van der Waals surface area contributed by atoms with Gasteiger partial charge in [0, 0.05) is 18.2 Å². The summed E-state index contributed by atoms with van der Waals surface area (Å²) in [5.41, 5.74) is 1.47. The molecule has 1 saturated heterocycles. The van der Waals surface area contributed by atoms with Crippen LogP contribution < -0.4 is 10.1 Å². The van der Waals surface area contributed by atoms with Crippen molar-refractivity contribution in [2.75, 3.05) is 12.4 Å². The Hall–Kier alpha value is -3.41. The minimum absolute atomic E-state index is 0.130. The highest BCUT2D eigenvalue weighted by molar-refractivity contribution is 6.10. The molecule has 7 rings (SSSR count). The molecular weight excluding hydrogens is 416 g/mol. The van der Waals surface area contributed by atoms with Crippen LogP contribution in [0.3, 0.4) is 0 Å². The summed E-state index contributed by atoms with van der Waals surface area (Å²) in [7, 11) is 1.56. The first-order chi connectivity index (χ1) is 16.1. The number of nitrogens with one attached hydrogen (secondary N) is 1. The number of rotatable bonds is 6. The van der Waals surface area contributed by atoms with E-state index in [1.807, 2.05) is 30.3 Å². The Balaban J connectivity index is 1.32. The maximum Gasteiger partial charge on any atom is 0.248 e. The summed E-state index contributed by atoms with van der Waals surface area (Å²) in [5, 5.41) is 2.91. The van der Waals surface area contributed by atoms with Crippen LogP contribution in [0.1, 0.15) is 12.0 Å². The molecule has 7 atom stereocenters. The van der Waals surface area contributed by atoms with E-state index in [0.717, 1.165) is 12.0 Å². The molecule has 0 unspecified atom stereocenters. The van der Waals surface area contributed by atoms with Crippen molar-refractivity contribution in [2.24, 2.45) is 35.5 Å². The predicted molar refractivity (Wildman–Crippen MR) is 122 cm³/mol. The molecule has 168 valence electrons. The lowest BCUT2D eigenvalue weighted by atomic mass is 9.63. The average molecular weight is 443 g/mol. The summed E-state index contributed by atoms with van der Waals surface area (Å²) in [5.74, 6) is 0.556. The van der Waals surface area contributed by atoms with Gasteiger partial charge in [-0.15, -0.1) is 0 Å². The highest BCUT2D eigenvalue weighted by Gasteiger charge is 2.67. The first-order valence-corrected chi connectivity index (χ1v) is 11.6. The lowest BCUT2D eigenvalue weighted by molar-refractivity contribution is -0.146. The topological polar surface area (TPSA) is 75.7 Å². The molecule has 0 spiro atoms. The number of carbonyl (C=O) groups is 3. The van der Waals surface area contributed by atoms with Crippen molar-refractivity contribution < 1.29 is 19.1 Å². The Labute approximate surface area is 192 Å². The number of benzene rings is 2. The third-order valence-corrected chi connectivity index (χ3v) is 7.92. The van der Waals surface area contributed by atoms with Crippen molar-refractivity contribution in [3.8, 4) is 5.75 Å². The summed E-state index contributed by atoms with van der Waals surface area (Å²) in [6, 6.07) is 15.7. The van der Waals surface area contributed by atoms with Crippen LogP contribution in [-0.2, 0) is 20.8 Å². The Kier molecular flexibility index (Phi) is 4.64. The molecule has 33 heavy (non-hydrogen) atoms. The largest absolute Gasteiger partial charge is 0.497 e. The first kappa shape index (κ1) is 20.2. The van der Waals surface area contributed by atoms with Crippen LogP contribution >= 0.6 is 0 Å². The number of methoxy groups -OCH3 is 1. The van der Waals surface area contributed by atoms with Gasteiger partial charge in [0.15, 0.2) is 0 Å². The van der Waals surface area contributed by atoms with E-state index in [9.17, 15) is 14.4 Å². The molecule has 1 heterocycles. The molecule has 1 N–H and O–H groups in total. The molecule has 2 bridgehead atoms. The van der Waals surface area contributed by atoms with Crippen LogP contribution in [0.25, 0.3) is 0 Å². The van der Waals surface area contributed by atoms with Crippen molar-refractivity contribution >= 4 is 23.4 Å². The van der Waals surface area contributed by atoms with Crippen LogP contribution in [0.15, 0.2) is 66.7 Å². The number of amides is 3. The Bertz CT molecular complexity index is 1120. The number of ether oxygens (including phenoxy) is 1. The van der Waals surface area contributed by atoms with Crippen molar-refractivity contribution in [3.63, 3.8) is 0 Å². The Morgan fingerprint density at radius 2 is 1.67 bits per heavy atom. The number of hydrogen-bond donors (Lipinski definition) is 1. The van der Waals surface area contributed by atoms with Crippen molar-refractivity contribution in [1.29, 1.82) is 0 Å². The van der Waals surface area contributed by atoms with Crippen LogP contribution in [0.2, 0.25) is 0 Å². The Morgan fingerprint density at radius 3 is 2.30 bits per heavy atom. The summed E-state index contributed by atoms with van der Waals surface area (Å²) >= 11 is 0. The molecule has 2 aromatic carbocycles. The molecule has 2 aromatic rings. The van der Waals surface area contributed by atoms with Gasteiger partial charge in [-0.1, -0.05) is 48.6 Å². The quantitative estimate of drug-likeness (QED) is 0.550. The summed E-state index contributed by atoms with van der Waals surface area (Å²) < 4.78 is 5.26. The van der Waals surface area contributed by atoms with E-state index in [1.165, 1.54) is 4.90 Å². The number of hydrogen-bond acceptors (Lipinski definition) is 4. The van der Waals surface area contributed by atoms with Crippen molar-refractivity contribution in [2.45, 2.75) is 18.9 Å². The smallest absolute Gasteiger partial charge is 0.248 e. The van der Waals surface area contributed by atoms with Gasteiger partial charge in [0.2, 0.25) is 17.7 Å². The number of nitrogens with zero attached hydrogens (tertiary/aromatic N) is 1. The summed E-state index contributed by atoms with van der Waals surface area (Å²) in [4.78, 5) is 42.2. The number of imide groups is 1. The lowest BCUT2D eigenvalue weighted by Gasteiger charge is -2.37.